The summed E-state index contributed by atoms with van der Waals surface area (Å²) in [5, 5.41) is 8.87. The van der Waals surface area contributed by atoms with Crippen LogP contribution < -0.4 is 0 Å². The largest absolute Gasteiger partial charge is 0.479 e. The first-order chi connectivity index (χ1) is 6.49. The fourth-order valence-electron chi connectivity index (χ4n) is 1.22. The first-order valence-corrected chi connectivity index (χ1v) is 4.50. The minimum Gasteiger partial charge on any atom is -0.479 e. The quantitative estimate of drug-likeness (QED) is 0.844. The van der Waals surface area contributed by atoms with Crippen LogP contribution in [0.3, 0.4) is 0 Å². The van der Waals surface area contributed by atoms with Crippen molar-refractivity contribution < 1.29 is 14.3 Å². The molecule has 0 bridgehead atoms. The number of hydrogen-bond acceptors (Lipinski definition) is 1. The van der Waals surface area contributed by atoms with E-state index in [9.17, 15) is 9.18 Å². The molecule has 4 heteroatoms. The van der Waals surface area contributed by atoms with Crippen LogP contribution in [0.15, 0.2) is 18.2 Å². The van der Waals surface area contributed by atoms with E-state index in [2.05, 4.69) is 0 Å². The number of aryl methyl sites for hydroxylation is 1. The smallest absolute Gasteiger partial charge is 0.338 e. The predicted molar refractivity (Wildman–Crippen MR) is 52.4 cm³/mol. The number of carboxylic acids is 1. The van der Waals surface area contributed by atoms with Gasteiger partial charge in [0.15, 0.2) is 0 Å². The molecule has 0 saturated carbocycles. The molecule has 0 aliphatic heterocycles. The maximum Gasteiger partial charge on any atom is 0.338 e. The van der Waals surface area contributed by atoms with Gasteiger partial charge >= 0.3 is 5.97 Å². The summed E-state index contributed by atoms with van der Waals surface area (Å²) in [6.07, 6.45) is -2.01. The van der Waals surface area contributed by atoms with Gasteiger partial charge in [0, 0.05) is 11.4 Å². The zero-order valence-electron chi connectivity index (χ0n) is 7.63. The Kier molecular flexibility index (Phi) is 3.47. The van der Waals surface area contributed by atoms with Crippen LogP contribution in [0.2, 0.25) is 5.02 Å². The highest BCUT2D eigenvalue weighted by atomic mass is 35.5. The standard InChI is InChI=1S/C10H10ClFO2/c1-6-2-7(4-8(11)3-6)5-9(12)10(13)14/h2-4,9H,5H2,1H3,(H,13,14). The lowest BCUT2D eigenvalue weighted by molar-refractivity contribution is -0.142. The third-order valence-corrected chi connectivity index (χ3v) is 2.00. The fourth-order valence-corrected chi connectivity index (χ4v) is 1.54. The summed E-state index contributed by atoms with van der Waals surface area (Å²) >= 11 is 5.74. The van der Waals surface area contributed by atoms with E-state index in [0.717, 1.165) is 5.56 Å². The van der Waals surface area contributed by atoms with Crippen molar-refractivity contribution in [2.75, 3.05) is 0 Å². The Morgan fingerprint density at radius 2 is 2.21 bits per heavy atom. The summed E-state index contributed by atoms with van der Waals surface area (Å²) in [7, 11) is 0. The molecule has 1 unspecified atom stereocenters. The molecule has 1 rings (SSSR count). The molecule has 0 saturated heterocycles. The molecule has 2 nitrogen and oxygen atoms in total. The predicted octanol–water partition coefficient (Wildman–Crippen LogP) is 2.61. The van der Waals surface area contributed by atoms with Gasteiger partial charge in [-0.1, -0.05) is 17.7 Å². The van der Waals surface area contributed by atoms with Crippen molar-refractivity contribution in [1.82, 2.24) is 0 Å². The summed E-state index contributed by atoms with van der Waals surface area (Å²) in [5.74, 6) is -1.44. The Labute approximate surface area is 86.3 Å². The van der Waals surface area contributed by atoms with Crippen molar-refractivity contribution in [2.45, 2.75) is 19.5 Å². The monoisotopic (exact) mass is 216 g/mol. The second-order valence-electron chi connectivity index (χ2n) is 3.15. The van der Waals surface area contributed by atoms with Gasteiger partial charge in [-0.15, -0.1) is 0 Å². The normalized spacial score (nSPS) is 12.5. The van der Waals surface area contributed by atoms with Gasteiger partial charge in [0.2, 0.25) is 6.17 Å². The van der Waals surface area contributed by atoms with E-state index >= 15 is 0 Å². The summed E-state index contributed by atoms with van der Waals surface area (Å²) in [6, 6.07) is 5.03. The van der Waals surface area contributed by atoms with Gasteiger partial charge in [-0.2, -0.15) is 0 Å². The molecule has 1 N–H and O–H groups in total. The average Bonchev–Trinajstić information content (AvgIpc) is 2.01. The molecule has 1 atom stereocenters. The lowest BCUT2D eigenvalue weighted by Crippen LogP contribution is -2.17. The Bertz CT molecular complexity index is 332. The molecule has 0 spiro atoms. The Morgan fingerprint density at radius 1 is 1.57 bits per heavy atom. The summed E-state index contributed by atoms with van der Waals surface area (Å²) in [6.45, 7) is 1.82. The van der Waals surface area contributed by atoms with Crippen molar-refractivity contribution >= 4 is 17.6 Å². The molecule has 0 aliphatic carbocycles. The third kappa shape index (κ3) is 3.00. The lowest BCUT2D eigenvalue weighted by Gasteiger charge is -2.05. The molecular formula is C10H10ClFO2. The van der Waals surface area contributed by atoms with Crippen LogP contribution in [-0.2, 0) is 11.2 Å². The van der Waals surface area contributed by atoms with E-state index in [0.29, 0.717) is 10.6 Å². The van der Waals surface area contributed by atoms with Gasteiger partial charge in [-0.3, -0.25) is 0 Å². The molecule has 0 heterocycles. The van der Waals surface area contributed by atoms with Gasteiger partial charge in [-0.25, -0.2) is 9.18 Å². The number of hydrogen-bond donors (Lipinski definition) is 1. The van der Waals surface area contributed by atoms with Crippen molar-refractivity contribution in [1.29, 1.82) is 0 Å². The molecule has 76 valence electrons. The minimum atomic E-state index is -1.87. The number of rotatable bonds is 3. The summed E-state index contributed by atoms with van der Waals surface area (Å²) in [5.41, 5.74) is 1.50. The maximum atomic E-state index is 12.8. The highest BCUT2D eigenvalue weighted by Crippen LogP contribution is 2.16. The molecule has 1 aromatic carbocycles. The SMILES string of the molecule is Cc1cc(Cl)cc(CC(F)C(=O)O)c1. The van der Waals surface area contributed by atoms with Gasteiger partial charge in [0.1, 0.15) is 0 Å². The highest BCUT2D eigenvalue weighted by molar-refractivity contribution is 6.30. The number of halogens is 2. The van der Waals surface area contributed by atoms with Crippen LogP contribution in [0.4, 0.5) is 4.39 Å². The minimum absolute atomic E-state index is 0.142. The van der Waals surface area contributed by atoms with Crippen molar-refractivity contribution in [3.8, 4) is 0 Å². The Morgan fingerprint density at radius 3 is 2.71 bits per heavy atom. The lowest BCUT2D eigenvalue weighted by atomic mass is 10.1. The Hall–Kier alpha value is -1.09. The van der Waals surface area contributed by atoms with E-state index in [4.69, 9.17) is 16.7 Å². The molecule has 0 fully saturated rings. The number of carboxylic acid groups (broad SMARTS) is 1. The second-order valence-corrected chi connectivity index (χ2v) is 3.58. The number of alkyl halides is 1. The molecule has 0 aliphatic rings. The Balaban J connectivity index is 2.81. The first-order valence-electron chi connectivity index (χ1n) is 4.12. The van der Waals surface area contributed by atoms with E-state index in [1.807, 2.05) is 6.92 Å². The van der Waals surface area contributed by atoms with Crippen molar-refractivity contribution in [2.24, 2.45) is 0 Å². The fraction of sp³-hybridized carbons (Fsp3) is 0.300. The number of benzene rings is 1. The zero-order valence-corrected chi connectivity index (χ0v) is 8.38. The number of aliphatic carboxylic acids is 1. The number of carbonyl (C=O) groups is 1. The highest BCUT2D eigenvalue weighted by Gasteiger charge is 2.16. The molecule has 0 aromatic heterocycles. The van der Waals surface area contributed by atoms with E-state index in [1.54, 1.807) is 18.2 Å². The van der Waals surface area contributed by atoms with Crippen LogP contribution >= 0.6 is 11.6 Å². The third-order valence-electron chi connectivity index (χ3n) is 1.78. The van der Waals surface area contributed by atoms with Crippen molar-refractivity contribution in [3.05, 3.63) is 34.3 Å². The van der Waals surface area contributed by atoms with Gasteiger partial charge in [0.05, 0.1) is 0 Å². The van der Waals surface area contributed by atoms with E-state index in [1.165, 1.54) is 0 Å². The first kappa shape index (κ1) is 11.0. The average molecular weight is 217 g/mol. The van der Waals surface area contributed by atoms with Gasteiger partial charge < -0.3 is 5.11 Å². The summed E-state index contributed by atoms with van der Waals surface area (Å²) < 4.78 is 12.8. The zero-order chi connectivity index (χ0) is 10.7. The van der Waals surface area contributed by atoms with Crippen LogP contribution in [0.1, 0.15) is 11.1 Å². The summed E-state index contributed by atoms with van der Waals surface area (Å²) in [4.78, 5) is 10.3. The van der Waals surface area contributed by atoms with Crippen LogP contribution in [0, 0.1) is 6.92 Å². The van der Waals surface area contributed by atoms with Crippen LogP contribution in [-0.4, -0.2) is 17.2 Å². The van der Waals surface area contributed by atoms with Gasteiger partial charge in [-0.05, 0) is 30.2 Å². The van der Waals surface area contributed by atoms with Gasteiger partial charge in [0.25, 0.3) is 0 Å². The van der Waals surface area contributed by atoms with Crippen molar-refractivity contribution in [3.63, 3.8) is 0 Å². The van der Waals surface area contributed by atoms with Crippen LogP contribution in [0.25, 0.3) is 0 Å². The second kappa shape index (κ2) is 4.42. The molecule has 1 aromatic rings. The molecular weight excluding hydrogens is 207 g/mol. The van der Waals surface area contributed by atoms with E-state index in [-0.39, 0.29) is 6.42 Å². The molecule has 0 amide bonds. The van der Waals surface area contributed by atoms with Crippen LogP contribution in [0.5, 0.6) is 0 Å². The molecule has 0 radical (unpaired) electrons. The van der Waals surface area contributed by atoms with E-state index < -0.39 is 12.1 Å². The molecule has 14 heavy (non-hydrogen) atoms. The maximum absolute atomic E-state index is 12.8. The topological polar surface area (TPSA) is 37.3 Å².